The molecule has 126 valence electrons. The van der Waals surface area contributed by atoms with E-state index in [2.05, 4.69) is 26.8 Å². The van der Waals surface area contributed by atoms with Crippen molar-refractivity contribution < 1.29 is 9.53 Å². The van der Waals surface area contributed by atoms with Crippen molar-refractivity contribution in [2.45, 2.75) is 13.5 Å². The summed E-state index contributed by atoms with van der Waals surface area (Å²) in [5.74, 6) is 3.07. The maximum Gasteiger partial charge on any atom is 0.279 e. The Balaban J connectivity index is 2.16. The van der Waals surface area contributed by atoms with Crippen molar-refractivity contribution in [1.29, 1.82) is 0 Å². The molecule has 0 spiro atoms. The number of amides is 1. The molecule has 0 saturated carbocycles. The molecule has 25 heavy (non-hydrogen) atoms. The van der Waals surface area contributed by atoms with Gasteiger partial charge in [0.25, 0.3) is 5.91 Å². The fourth-order valence-electron chi connectivity index (χ4n) is 2.44. The molecule has 0 bridgehead atoms. The smallest absolute Gasteiger partial charge is 0.279 e. The van der Waals surface area contributed by atoms with Crippen LogP contribution in [0.3, 0.4) is 0 Å². The molecule has 0 aliphatic carbocycles. The van der Waals surface area contributed by atoms with Crippen LogP contribution in [0, 0.1) is 12.3 Å². The highest BCUT2D eigenvalue weighted by Crippen LogP contribution is 2.27. The Morgan fingerprint density at radius 3 is 2.76 bits per heavy atom. The number of para-hydroxylation sites is 1. The van der Waals surface area contributed by atoms with Crippen molar-refractivity contribution >= 4 is 43.4 Å². The molecule has 1 aromatic heterocycles. The molecule has 3 rings (SSSR count). The molecule has 6 heteroatoms. The van der Waals surface area contributed by atoms with Gasteiger partial charge >= 0.3 is 0 Å². The van der Waals surface area contributed by atoms with Gasteiger partial charge in [0.2, 0.25) is 0 Å². The lowest BCUT2D eigenvalue weighted by molar-refractivity contribution is 0.0998. The molecule has 0 atom stereocenters. The standard InChI is InChI=1S/C19H15BrN2O2S/c1-3-12-22-17-15(24-4-2)6-5-7-16(17)25-19(22)21-18(23)13-8-10-14(20)11-9-13/h1,5-11H,4,12H2,2H3. The number of carbonyl (C=O) groups is 1. The highest BCUT2D eigenvalue weighted by Gasteiger charge is 2.12. The van der Waals surface area contributed by atoms with E-state index in [4.69, 9.17) is 11.2 Å². The highest BCUT2D eigenvalue weighted by atomic mass is 79.9. The summed E-state index contributed by atoms with van der Waals surface area (Å²) in [6, 6.07) is 12.9. The van der Waals surface area contributed by atoms with E-state index in [1.54, 1.807) is 12.1 Å². The van der Waals surface area contributed by atoms with Gasteiger partial charge in [-0.05, 0) is 43.3 Å². The normalized spacial score (nSPS) is 11.5. The molecule has 0 unspecified atom stereocenters. The first-order chi connectivity index (χ1) is 12.1. The van der Waals surface area contributed by atoms with Crippen LogP contribution in [0.5, 0.6) is 5.75 Å². The molecule has 0 N–H and O–H groups in total. The average Bonchev–Trinajstić information content (AvgIpc) is 2.94. The Kier molecular flexibility index (Phi) is 5.37. The van der Waals surface area contributed by atoms with Gasteiger partial charge in [-0.2, -0.15) is 4.99 Å². The minimum atomic E-state index is -0.303. The zero-order chi connectivity index (χ0) is 17.8. The fourth-order valence-corrected chi connectivity index (χ4v) is 3.75. The predicted molar refractivity (Wildman–Crippen MR) is 104 cm³/mol. The largest absolute Gasteiger partial charge is 0.492 e. The fraction of sp³-hybridized carbons (Fsp3) is 0.158. The van der Waals surface area contributed by atoms with Crippen LogP contribution in [0.15, 0.2) is 51.9 Å². The van der Waals surface area contributed by atoms with Crippen LogP contribution < -0.4 is 9.54 Å². The summed E-state index contributed by atoms with van der Waals surface area (Å²) in [5.41, 5.74) is 1.40. The molecule has 1 amide bonds. The molecule has 0 aliphatic heterocycles. The topological polar surface area (TPSA) is 43.6 Å². The van der Waals surface area contributed by atoms with E-state index in [1.165, 1.54) is 11.3 Å². The SMILES string of the molecule is C#CCn1c(=NC(=O)c2ccc(Br)cc2)sc2cccc(OCC)c21. The van der Waals surface area contributed by atoms with Gasteiger partial charge < -0.3 is 9.30 Å². The van der Waals surface area contributed by atoms with Gasteiger partial charge in [0, 0.05) is 10.0 Å². The summed E-state index contributed by atoms with van der Waals surface area (Å²) in [6.07, 6.45) is 5.52. The first kappa shape index (κ1) is 17.5. The van der Waals surface area contributed by atoms with Crippen LogP contribution in [0.2, 0.25) is 0 Å². The molecule has 4 nitrogen and oxygen atoms in total. The molecule has 0 saturated heterocycles. The summed E-state index contributed by atoms with van der Waals surface area (Å²) in [7, 11) is 0. The van der Waals surface area contributed by atoms with Crippen LogP contribution >= 0.6 is 27.3 Å². The van der Waals surface area contributed by atoms with Gasteiger partial charge in [0.15, 0.2) is 4.80 Å². The number of benzene rings is 2. The first-order valence-electron chi connectivity index (χ1n) is 7.67. The van der Waals surface area contributed by atoms with Crippen LogP contribution in [0.1, 0.15) is 17.3 Å². The quantitative estimate of drug-likeness (QED) is 0.599. The van der Waals surface area contributed by atoms with Gasteiger partial charge in [-0.15, -0.1) is 6.42 Å². The number of hydrogen-bond donors (Lipinski definition) is 0. The van der Waals surface area contributed by atoms with Crippen molar-refractivity contribution in [3.05, 3.63) is 57.3 Å². The van der Waals surface area contributed by atoms with Gasteiger partial charge in [-0.3, -0.25) is 4.79 Å². The number of hydrogen-bond acceptors (Lipinski definition) is 3. The van der Waals surface area contributed by atoms with E-state index in [-0.39, 0.29) is 5.91 Å². The Morgan fingerprint density at radius 2 is 2.08 bits per heavy atom. The third-order valence-electron chi connectivity index (χ3n) is 3.50. The molecule has 3 aromatic rings. The van der Waals surface area contributed by atoms with E-state index in [0.29, 0.717) is 23.5 Å². The lowest BCUT2D eigenvalue weighted by Gasteiger charge is -2.07. The maximum absolute atomic E-state index is 12.5. The van der Waals surface area contributed by atoms with E-state index in [9.17, 15) is 4.79 Å². The van der Waals surface area contributed by atoms with Crippen LogP contribution in [-0.4, -0.2) is 17.1 Å². The lowest BCUT2D eigenvalue weighted by Crippen LogP contribution is -2.17. The Hall–Kier alpha value is -2.36. The molecule has 0 aliphatic rings. The number of rotatable bonds is 4. The van der Waals surface area contributed by atoms with E-state index in [0.717, 1.165) is 20.4 Å². The van der Waals surface area contributed by atoms with Crippen LogP contribution in [0.25, 0.3) is 10.2 Å². The minimum Gasteiger partial charge on any atom is -0.492 e. The van der Waals surface area contributed by atoms with Crippen LogP contribution in [-0.2, 0) is 6.54 Å². The monoisotopic (exact) mass is 414 g/mol. The van der Waals surface area contributed by atoms with Gasteiger partial charge in [-0.1, -0.05) is 39.3 Å². The first-order valence-corrected chi connectivity index (χ1v) is 9.28. The van der Waals surface area contributed by atoms with Crippen molar-refractivity contribution in [2.75, 3.05) is 6.61 Å². The number of ether oxygens (including phenoxy) is 1. The number of carbonyl (C=O) groups excluding carboxylic acids is 1. The third kappa shape index (κ3) is 3.68. The van der Waals surface area contributed by atoms with Gasteiger partial charge in [0.05, 0.1) is 17.9 Å². The predicted octanol–water partition coefficient (Wildman–Crippen LogP) is 4.24. The number of halogens is 1. The zero-order valence-corrected chi connectivity index (χ0v) is 15.9. The number of fused-ring (bicyclic) bond motifs is 1. The van der Waals surface area contributed by atoms with Crippen molar-refractivity contribution in [3.63, 3.8) is 0 Å². The second kappa shape index (κ2) is 7.68. The number of nitrogens with zero attached hydrogens (tertiary/aromatic N) is 2. The Bertz CT molecular complexity index is 1030. The molecular formula is C19H15BrN2O2S. The number of aromatic nitrogens is 1. The third-order valence-corrected chi connectivity index (χ3v) is 5.07. The van der Waals surface area contributed by atoms with Crippen molar-refractivity contribution in [3.8, 4) is 18.1 Å². The van der Waals surface area contributed by atoms with Gasteiger partial charge in [-0.25, -0.2) is 0 Å². The summed E-state index contributed by atoms with van der Waals surface area (Å²) in [5, 5.41) is 0. The Morgan fingerprint density at radius 1 is 1.32 bits per heavy atom. The highest BCUT2D eigenvalue weighted by molar-refractivity contribution is 9.10. The number of thiazole rings is 1. The van der Waals surface area contributed by atoms with Crippen molar-refractivity contribution in [2.24, 2.45) is 4.99 Å². The van der Waals surface area contributed by atoms with Crippen LogP contribution in [0.4, 0.5) is 0 Å². The summed E-state index contributed by atoms with van der Waals surface area (Å²) < 4.78 is 9.44. The molecular weight excluding hydrogens is 400 g/mol. The Labute approximate surface area is 157 Å². The molecule has 0 fully saturated rings. The maximum atomic E-state index is 12.5. The van der Waals surface area contributed by atoms with Gasteiger partial charge in [0.1, 0.15) is 11.3 Å². The van der Waals surface area contributed by atoms with E-state index >= 15 is 0 Å². The minimum absolute atomic E-state index is 0.303. The van der Waals surface area contributed by atoms with E-state index in [1.807, 2.05) is 41.8 Å². The van der Waals surface area contributed by atoms with Crippen molar-refractivity contribution in [1.82, 2.24) is 4.57 Å². The summed E-state index contributed by atoms with van der Waals surface area (Å²) >= 11 is 4.78. The second-order valence-corrected chi connectivity index (χ2v) is 7.06. The zero-order valence-electron chi connectivity index (χ0n) is 13.5. The summed E-state index contributed by atoms with van der Waals surface area (Å²) in [4.78, 5) is 17.4. The summed E-state index contributed by atoms with van der Waals surface area (Å²) in [6.45, 7) is 2.80. The average molecular weight is 415 g/mol. The lowest BCUT2D eigenvalue weighted by atomic mass is 10.2. The van der Waals surface area contributed by atoms with E-state index < -0.39 is 0 Å². The molecule has 2 aromatic carbocycles. The second-order valence-electron chi connectivity index (χ2n) is 5.13. The number of terminal acetylenes is 1. The molecule has 1 heterocycles. The molecule has 0 radical (unpaired) electrons.